The van der Waals surface area contributed by atoms with Gasteiger partial charge in [0, 0.05) is 43.8 Å². The summed E-state index contributed by atoms with van der Waals surface area (Å²) >= 11 is 6.26. The Hall–Kier alpha value is -1.95. The third kappa shape index (κ3) is 5.35. The largest absolute Gasteiger partial charge is 0.369 e. The van der Waals surface area contributed by atoms with Crippen LogP contribution in [0.3, 0.4) is 0 Å². The summed E-state index contributed by atoms with van der Waals surface area (Å²) in [5.74, 6) is 0.244. The number of likely N-dealkylation sites (tertiary alicyclic amines) is 1. The minimum absolute atomic E-state index is 0.0905. The van der Waals surface area contributed by atoms with Crippen molar-refractivity contribution in [2.45, 2.75) is 31.8 Å². The molecule has 0 saturated carbocycles. The van der Waals surface area contributed by atoms with Gasteiger partial charge in [-0.15, -0.1) is 0 Å². The minimum atomic E-state index is -0.0905. The van der Waals surface area contributed by atoms with E-state index in [1.165, 1.54) is 6.42 Å². The Kier molecular flexibility index (Phi) is 6.80. The number of amides is 1. The Morgan fingerprint density at radius 1 is 1.10 bits per heavy atom. The molecule has 29 heavy (non-hydrogen) atoms. The second kappa shape index (κ2) is 9.70. The number of carbonyl (C=O) groups excluding carboxylic acids is 1. The second-order valence-electron chi connectivity index (χ2n) is 7.90. The van der Waals surface area contributed by atoms with Gasteiger partial charge in [-0.2, -0.15) is 0 Å². The number of piperidine rings is 1. The van der Waals surface area contributed by atoms with Gasteiger partial charge in [-0.05, 0) is 42.5 Å². The maximum atomic E-state index is 12.6. The lowest BCUT2D eigenvalue weighted by atomic mass is 10.1. The summed E-state index contributed by atoms with van der Waals surface area (Å²) in [6, 6.07) is 12.0. The average Bonchev–Trinajstić information content (AvgIpc) is 2.77. The average molecular weight is 414 g/mol. The second-order valence-corrected chi connectivity index (χ2v) is 8.30. The van der Waals surface area contributed by atoms with Crippen LogP contribution in [0.5, 0.6) is 0 Å². The van der Waals surface area contributed by atoms with Gasteiger partial charge in [0.25, 0.3) is 0 Å². The summed E-state index contributed by atoms with van der Waals surface area (Å²) in [6.07, 6.45) is 6.06. The van der Waals surface area contributed by atoms with Crippen LogP contribution in [0, 0.1) is 0 Å². The molecule has 6 heteroatoms. The number of ether oxygens (including phenoxy) is 1. The quantitative estimate of drug-likeness (QED) is 0.749. The van der Waals surface area contributed by atoms with Crippen molar-refractivity contribution in [3.8, 4) is 0 Å². The molecule has 2 aromatic rings. The SMILES string of the molecule is O=C(CN1CCO[C@@H](c2ccc(Cc3ccccc3Cl)cn2)C1)N1CCCCC1. The van der Waals surface area contributed by atoms with E-state index in [-0.39, 0.29) is 12.0 Å². The Bertz CT molecular complexity index is 821. The van der Waals surface area contributed by atoms with E-state index in [0.29, 0.717) is 19.7 Å². The van der Waals surface area contributed by atoms with Crippen molar-refractivity contribution < 1.29 is 9.53 Å². The van der Waals surface area contributed by atoms with E-state index in [4.69, 9.17) is 16.3 Å². The van der Waals surface area contributed by atoms with Gasteiger partial charge in [0.05, 0.1) is 18.8 Å². The van der Waals surface area contributed by atoms with E-state index in [0.717, 1.165) is 60.7 Å². The van der Waals surface area contributed by atoms with Gasteiger partial charge in [0.2, 0.25) is 5.91 Å². The van der Waals surface area contributed by atoms with Gasteiger partial charge < -0.3 is 9.64 Å². The molecule has 2 aliphatic rings. The van der Waals surface area contributed by atoms with Crippen LogP contribution >= 0.6 is 11.6 Å². The lowest BCUT2D eigenvalue weighted by Gasteiger charge is -2.34. The van der Waals surface area contributed by atoms with Crippen molar-refractivity contribution in [2.75, 3.05) is 39.3 Å². The van der Waals surface area contributed by atoms with Crippen molar-refractivity contribution in [2.24, 2.45) is 0 Å². The Balaban J connectivity index is 1.34. The molecular weight excluding hydrogens is 386 g/mol. The molecule has 2 aliphatic heterocycles. The molecule has 0 spiro atoms. The number of morpholine rings is 1. The third-order valence-electron chi connectivity index (χ3n) is 5.75. The molecular formula is C23H28ClN3O2. The number of benzene rings is 1. The molecule has 0 aliphatic carbocycles. The minimum Gasteiger partial charge on any atom is -0.369 e. The third-order valence-corrected chi connectivity index (χ3v) is 6.12. The monoisotopic (exact) mass is 413 g/mol. The van der Waals surface area contributed by atoms with Crippen molar-refractivity contribution in [3.63, 3.8) is 0 Å². The summed E-state index contributed by atoms with van der Waals surface area (Å²) in [5.41, 5.74) is 3.14. The van der Waals surface area contributed by atoms with Crippen molar-refractivity contribution in [1.82, 2.24) is 14.8 Å². The standard InChI is InChI=1S/C23H28ClN3O2/c24-20-7-3-2-6-19(20)14-18-8-9-21(25-15-18)22-16-26(12-13-29-22)17-23(28)27-10-4-1-5-11-27/h2-3,6-9,15,22H,1,4-5,10-14,16-17H2/t22-/m1/s1. The van der Waals surface area contributed by atoms with E-state index in [2.05, 4.69) is 16.0 Å². The number of hydrogen-bond acceptors (Lipinski definition) is 4. The summed E-state index contributed by atoms with van der Waals surface area (Å²) in [6.45, 7) is 4.41. The summed E-state index contributed by atoms with van der Waals surface area (Å²) in [5, 5.41) is 0.779. The fourth-order valence-electron chi connectivity index (χ4n) is 4.05. The van der Waals surface area contributed by atoms with Crippen LogP contribution in [0.15, 0.2) is 42.6 Å². The number of pyridine rings is 1. The molecule has 0 unspecified atom stereocenters. The first kappa shape index (κ1) is 20.3. The molecule has 2 fully saturated rings. The predicted molar refractivity (Wildman–Crippen MR) is 114 cm³/mol. The van der Waals surface area contributed by atoms with Crippen molar-refractivity contribution in [1.29, 1.82) is 0 Å². The predicted octanol–water partition coefficient (Wildman–Crippen LogP) is 3.71. The molecule has 2 saturated heterocycles. The fourth-order valence-corrected chi connectivity index (χ4v) is 4.25. The Labute approximate surface area is 177 Å². The van der Waals surface area contributed by atoms with Gasteiger partial charge in [0.15, 0.2) is 0 Å². The Morgan fingerprint density at radius 2 is 1.93 bits per heavy atom. The van der Waals surface area contributed by atoms with Crippen LogP contribution in [0.4, 0.5) is 0 Å². The van der Waals surface area contributed by atoms with E-state index >= 15 is 0 Å². The molecule has 0 bridgehead atoms. The molecule has 4 rings (SSSR count). The van der Waals surface area contributed by atoms with Gasteiger partial charge in [0.1, 0.15) is 6.10 Å². The fraction of sp³-hybridized carbons (Fsp3) is 0.478. The van der Waals surface area contributed by atoms with E-state index in [9.17, 15) is 4.79 Å². The number of aromatic nitrogens is 1. The van der Waals surface area contributed by atoms with Crippen LogP contribution in [0.25, 0.3) is 0 Å². The molecule has 1 aromatic heterocycles. The summed E-state index contributed by atoms with van der Waals surface area (Å²) in [4.78, 5) is 21.4. The van der Waals surface area contributed by atoms with Crippen molar-refractivity contribution >= 4 is 17.5 Å². The number of halogens is 1. The molecule has 3 heterocycles. The Morgan fingerprint density at radius 3 is 2.69 bits per heavy atom. The van der Waals surface area contributed by atoms with E-state index in [1.807, 2.05) is 41.4 Å². The molecule has 154 valence electrons. The zero-order chi connectivity index (χ0) is 20.1. The first-order valence-corrected chi connectivity index (χ1v) is 10.9. The number of rotatable bonds is 5. The maximum absolute atomic E-state index is 12.6. The molecule has 1 atom stereocenters. The molecule has 0 N–H and O–H groups in total. The van der Waals surface area contributed by atoms with Gasteiger partial charge >= 0.3 is 0 Å². The van der Waals surface area contributed by atoms with Gasteiger partial charge in [-0.25, -0.2) is 0 Å². The first-order chi connectivity index (χ1) is 14.2. The van der Waals surface area contributed by atoms with E-state index < -0.39 is 0 Å². The van der Waals surface area contributed by atoms with Crippen LogP contribution < -0.4 is 0 Å². The van der Waals surface area contributed by atoms with Gasteiger partial charge in [-0.3, -0.25) is 14.7 Å². The zero-order valence-corrected chi connectivity index (χ0v) is 17.5. The normalized spacial score (nSPS) is 20.6. The number of carbonyl (C=O) groups is 1. The van der Waals surface area contributed by atoms with Crippen LogP contribution in [0.1, 0.15) is 42.2 Å². The molecule has 0 radical (unpaired) electrons. The van der Waals surface area contributed by atoms with Crippen LogP contribution in [-0.4, -0.2) is 60.0 Å². The topological polar surface area (TPSA) is 45.7 Å². The highest BCUT2D eigenvalue weighted by molar-refractivity contribution is 6.31. The lowest BCUT2D eigenvalue weighted by molar-refractivity contribution is -0.135. The molecule has 5 nitrogen and oxygen atoms in total. The molecule has 1 aromatic carbocycles. The molecule has 1 amide bonds. The highest BCUT2D eigenvalue weighted by Gasteiger charge is 2.26. The van der Waals surface area contributed by atoms with Crippen LogP contribution in [-0.2, 0) is 16.0 Å². The maximum Gasteiger partial charge on any atom is 0.236 e. The summed E-state index contributed by atoms with van der Waals surface area (Å²) < 4.78 is 5.95. The number of hydrogen-bond donors (Lipinski definition) is 0. The highest BCUT2D eigenvalue weighted by atomic mass is 35.5. The number of nitrogens with zero attached hydrogens (tertiary/aromatic N) is 3. The first-order valence-electron chi connectivity index (χ1n) is 10.5. The lowest BCUT2D eigenvalue weighted by Crippen LogP contribution is -2.46. The zero-order valence-electron chi connectivity index (χ0n) is 16.7. The van der Waals surface area contributed by atoms with Crippen LogP contribution in [0.2, 0.25) is 5.02 Å². The van der Waals surface area contributed by atoms with E-state index in [1.54, 1.807) is 0 Å². The summed E-state index contributed by atoms with van der Waals surface area (Å²) in [7, 11) is 0. The highest BCUT2D eigenvalue weighted by Crippen LogP contribution is 2.23. The van der Waals surface area contributed by atoms with Crippen molar-refractivity contribution in [3.05, 3.63) is 64.4 Å². The smallest absolute Gasteiger partial charge is 0.236 e. The van der Waals surface area contributed by atoms with Gasteiger partial charge in [-0.1, -0.05) is 35.9 Å².